The van der Waals surface area contributed by atoms with Crippen LogP contribution in [0.1, 0.15) is 0 Å². The summed E-state index contributed by atoms with van der Waals surface area (Å²) >= 11 is 1.76. The molecule has 0 aliphatic carbocycles. The van der Waals surface area contributed by atoms with Crippen molar-refractivity contribution in [2.45, 2.75) is 0 Å². The Morgan fingerprint density at radius 3 is 1.27 bits per heavy atom. The summed E-state index contributed by atoms with van der Waals surface area (Å²) < 4.78 is 9.77. The lowest BCUT2D eigenvalue weighted by molar-refractivity contribution is 1.15. The highest BCUT2D eigenvalue weighted by atomic mass is 32.1. The average Bonchev–Trinajstić information content (AvgIpc) is 4.43. The van der Waals surface area contributed by atoms with Gasteiger partial charge in [-0.3, -0.25) is 0 Å². The van der Waals surface area contributed by atoms with Crippen LogP contribution in [-0.2, 0) is 0 Å². The van der Waals surface area contributed by atoms with Gasteiger partial charge in [0.1, 0.15) is 0 Å². The van der Waals surface area contributed by atoms with Crippen LogP contribution in [0.15, 0.2) is 285 Å². The summed E-state index contributed by atoms with van der Waals surface area (Å²) in [4.78, 5) is 11.0. The standard InChI is InChI=1S/C76H47N5S/c1-5-23-48(24-6-1)60-46-63-58-42-41-53(79-64-36-18-13-31-54(64)55-32-14-19-37-65(55)79)45-68(58)81(70(63)47-69(60)80-66-38-20-15-33-56(66)57-34-16-21-39-67(57)80)74-61(49-25-7-2-8-26-49)43-52(44-62(74)50-27-9-3-10-28-50)72-75-73(59-35-17-22-40-71(59)82-75)78-76(77-72)51-29-11-4-12-30-51/h1-47H. The van der Waals surface area contributed by atoms with Crippen molar-refractivity contribution in [1.82, 2.24) is 23.7 Å². The Kier molecular flexibility index (Phi) is 10.4. The van der Waals surface area contributed by atoms with Gasteiger partial charge in [0, 0.05) is 75.9 Å². The van der Waals surface area contributed by atoms with Crippen molar-refractivity contribution in [3.63, 3.8) is 0 Å². The SMILES string of the molecule is c1ccc(-c2nc(-c3cc(-c4ccccc4)c(-n4c5cc(-n6c7ccccc7c7ccccc76)ccc5c5cc(-c6ccccc6)c(-n6c7ccccc7c7ccccc76)cc54)c(-c4ccccc4)c3)c3sc4ccccc4c3n2)cc1. The van der Waals surface area contributed by atoms with E-state index in [2.05, 4.69) is 299 Å². The minimum absolute atomic E-state index is 0.699. The van der Waals surface area contributed by atoms with E-state index in [-0.39, 0.29) is 0 Å². The molecule has 5 aromatic heterocycles. The van der Waals surface area contributed by atoms with Gasteiger partial charge in [-0.25, -0.2) is 9.97 Å². The molecule has 0 unspecified atom stereocenters. The predicted octanol–water partition coefficient (Wildman–Crippen LogP) is 20.5. The summed E-state index contributed by atoms with van der Waals surface area (Å²) in [6.45, 7) is 0. The third-order valence-electron chi connectivity index (χ3n) is 16.6. The molecule has 382 valence electrons. The van der Waals surface area contributed by atoms with Crippen LogP contribution in [0, 0.1) is 0 Å². The maximum atomic E-state index is 5.60. The molecule has 82 heavy (non-hydrogen) atoms. The van der Waals surface area contributed by atoms with Crippen molar-refractivity contribution in [3.8, 4) is 73.1 Å². The third-order valence-corrected chi connectivity index (χ3v) is 17.8. The third kappa shape index (κ3) is 7.12. The van der Waals surface area contributed by atoms with Crippen molar-refractivity contribution in [2.75, 3.05) is 0 Å². The van der Waals surface area contributed by atoms with Gasteiger partial charge in [0.05, 0.1) is 60.4 Å². The van der Waals surface area contributed by atoms with Gasteiger partial charge in [-0.1, -0.05) is 218 Å². The fourth-order valence-corrected chi connectivity index (χ4v) is 14.2. The highest BCUT2D eigenvalue weighted by Crippen LogP contribution is 2.49. The normalized spacial score (nSPS) is 11.9. The van der Waals surface area contributed by atoms with Crippen LogP contribution < -0.4 is 0 Å². The second kappa shape index (κ2) is 18.5. The fourth-order valence-electron chi connectivity index (χ4n) is 13.0. The zero-order valence-corrected chi connectivity index (χ0v) is 45.1. The van der Waals surface area contributed by atoms with Crippen LogP contribution in [0.4, 0.5) is 0 Å². The minimum Gasteiger partial charge on any atom is -0.309 e. The first-order chi connectivity index (χ1) is 40.7. The van der Waals surface area contributed by atoms with E-state index in [1.165, 1.54) is 26.2 Å². The minimum atomic E-state index is 0.699. The Balaban J connectivity index is 1.06. The number of para-hydroxylation sites is 4. The molecule has 17 rings (SSSR count). The molecule has 17 aromatic rings. The molecule has 0 saturated heterocycles. The smallest absolute Gasteiger partial charge is 0.160 e. The molecule has 0 saturated carbocycles. The Morgan fingerprint density at radius 2 is 0.720 bits per heavy atom. The van der Waals surface area contributed by atoms with Crippen molar-refractivity contribution in [3.05, 3.63) is 285 Å². The van der Waals surface area contributed by atoms with Crippen LogP contribution in [0.3, 0.4) is 0 Å². The van der Waals surface area contributed by atoms with Gasteiger partial charge in [-0.05, 0) is 83.4 Å². The summed E-state index contributed by atoms with van der Waals surface area (Å²) in [5.74, 6) is 0.699. The van der Waals surface area contributed by atoms with E-state index >= 15 is 0 Å². The number of nitrogens with zero attached hydrogens (tertiary/aromatic N) is 5. The molecule has 0 aliphatic heterocycles. The number of fused-ring (bicyclic) bond motifs is 12. The van der Waals surface area contributed by atoms with Crippen molar-refractivity contribution in [2.24, 2.45) is 0 Å². The van der Waals surface area contributed by atoms with Gasteiger partial charge in [-0.2, -0.15) is 0 Å². The van der Waals surface area contributed by atoms with E-state index in [1.807, 2.05) is 0 Å². The number of hydrogen-bond acceptors (Lipinski definition) is 3. The summed E-state index contributed by atoms with van der Waals surface area (Å²) in [5.41, 5.74) is 20.6. The molecule has 0 radical (unpaired) electrons. The molecule has 5 heterocycles. The van der Waals surface area contributed by atoms with Gasteiger partial charge >= 0.3 is 0 Å². The lowest BCUT2D eigenvalue weighted by Gasteiger charge is -2.22. The average molecular weight is 1060 g/mol. The Bertz CT molecular complexity index is 5210. The molecule has 0 bridgehead atoms. The predicted molar refractivity (Wildman–Crippen MR) is 345 cm³/mol. The van der Waals surface area contributed by atoms with Crippen molar-refractivity contribution in [1.29, 1.82) is 0 Å². The van der Waals surface area contributed by atoms with Gasteiger partial charge in [0.15, 0.2) is 5.82 Å². The summed E-state index contributed by atoms with van der Waals surface area (Å²) in [7, 11) is 0. The molecule has 0 N–H and O–H groups in total. The van der Waals surface area contributed by atoms with E-state index in [9.17, 15) is 0 Å². The van der Waals surface area contributed by atoms with Gasteiger partial charge < -0.3 is 13.7 Å². The first-order valence-corrected chi connectivity index (χ1v) is 28.7. The molecule has 0 aliphatic rings. The quantitative estimate of drug-likeness (QED) is 0.152. The molecule has 6 heteroatoms. The largest absolute Gasteiger partial charge is 0.309 e. The summed E-state index contributed by atoms with van der Waals surface area (Å²) in [6, 6.07) is 104. The van der Waals surface area contributed by atoms with E-state index in [0.29, 0.717) is 5.82 Å². The second-order valence-electron chi connectivity index (χ2n) is 21.2. The first-order valence-electron chi connectivity index (χ1n) is 27.9. The maximum Gasteiger partial charge on any atom is 0.160 e. The Morgan fingerprint density at radius 1 is 0.280 bits per heavy atom. The second-order valence-corrected chi connectivity index (χ2v) is 22.3. The number of hydrogen-bond donors (Lipinski definition) is 0. The van der Waals surface area contributed by atoms with E-state index < -0.39 is 0 Å². The van der Waals surface area contributed by atoms with Crippen LogP contribution in [0.5, 0.6) is 0 Å². The monoisotopic (exact) mass is 1060 g/mol. The molecule has 5 nitrogen and oxygen atoms in total. The van der Waals surface area contributed by atoms with Crippen LogP contribution in [0.25, 0.3) is 159 Å². The molecule has 0 fully saturated rings. The lowest BCUT2D eigenvalue weighted by Crippen LogP contribution is -2.04. The number of thiophene rings is 1. The zero-order chi connectivity index (χ0) is 53.8. The van der Waals surface area contributed by atoms with E-state index in [0.717, 1.165) is 127 Å². The molecule has 0 atom stereocenters. The molecular weight excluding hydrogens is 1010 g/mol. The lowest BCUT2D eigenvalue weighted by atomic mass is 9.91. The maximum absolute atomic E-state index is 5.60. The van der Waals surface area contributed by atoms with E-state index in [4.69, 9.17) is 9.97 Å². The number of rotatable bonds is 8. The Labute approximate surface area is 476 Å². The number of aromatic nitrogens is 5. The highest BCUT2D eigenvalue weighted by Gasteiger charge is 2.27. The van der Waals surface area contributed by atoms with Crippen LogP contribution in [0.2, 0.25) is 0 Å². The zero-order valence-electron chi connectivity index (χ0n) is 44.3. The Hall–Kier alpha value is -10.7. The fraction of sp³-hybridized carbons (Fsp3) is 0. The molecule has 0 spiro atoms. The van der Waals surface area contributed by atoms with Crippen molar-refractivity contribution < 1.29 is 0 Å². The number of benzene rings is 12. The molecular formula is C76H47N5S. The summed E-state index contributed by atoms with van der Waals surface area (Å²) in [6.07, 6.45) is 0. The van der Waals surface area contributed by atoms with Gasteiger partial charge in [0.2, 0.25) is 0 Å². The first kappa shape index (κ1) is 46.3. The summed E-state index contributed by atoms with van der Waals surface area (Å²) in [5, 5.41) is 8.33. The molecule has 12 aromatic carbocycles. The van der Waals surface area contributed by atoms with Crippen LogP contribution in [-0.4, -0.2) is 23.7 Å². The van der Waals surface area contributed by atoms with Crippen LogP contribution >= 0.6 is 11.3 Å². The van der Waals surface area contributed by atoms with Gasteiger partial charge in [0.25, 0.3) is 0 Å². The van der Waals surface area contributed by atoms with E-state index in [1.54, 1.807) is 11.3 Å². The van der Waals surface area contributed by atoms with Gasteiger partial charge in [-0.15, -0.1) is 11.3 Å². The molecule has 0 amide bonds. The van der Waals surface area contributed by atoms with Crippen molar-refractivity contribution >= 4 is 97.1 Å². The topological polar surface area (TPSA) is 40.6 Å². The highest BCUT2D eigenvalue weighted by molar-refractivity contribution is 7.26.